The van der Waals surface area contributed by atoms with E-state index in [1.165, 1.54) is 30.5 Å². The Morgan fingerprint density at radius 2 is 1.51 bits per heavy atom. The first kappa shape index (κ1) is 72.9. The van der Waals surface area contributed by atoms with Crippen LogP contribution in [0.25, 0.3) is 17.2 Å². The number of hydrogen-bond donors (Lipinski definition) is 7. The maximum absolute atomic E-state index is 13.1. The summed E-state index contributed by atoms with van der Waals surface area (Å²) in [6, 6.07) is 17.0. The normalized spacial score (nSPS) is 13.7. The predicted octanol–water partition coefficient (Wildman–Crippen LogP) is 7.70. The van der Waals surface area contributed by atoms with Crippen LogP contribution in [0.2, 0.25) is 0 Å². The van der Waals surface area contributed by atoms with E-state index in [-0.39, 0.29) is 31.4 Å². The maximum Gasteiger partial charge on any atom is 0.510 e. The number of nitrogens with zero attached hydrogens (tertiary/aromatic N) is 10. The van der Waals surface area contributed by atoms with E-state index < -0.39 is 99.1 Å². The van der Waals surface area contributed by atoms with Crippen molar-refractivity contribution in [2.24, 2.45) is 0 Å². The fraction of sp³-hybridized carbons (Fsp3) is 0.340. The number of carbonyl (C=O) groups is 4. The monoisotopic (exact) mass is 1280 g/mol. The van der Waals surface area contributed by atoms with Crippen molar-refractivity contribution >= 4 is 108 Å². The standard InChI is InChI=1S/C22H18N6.C19H30N5O10P.C8H10FN3O3S.C4H4O4.ClH/c1-15-12-18(4-3-10-23)13-16(2)21(15)27-20-9-11-25-22(28-20)26-19-7-5-17(14-24)6-8-19;1-12(2)33-18(25)28-9-31-35(27,32-10-29-19(26)34-13(3)4)11-30-14(5)6-24-8-23-15-16(20)21-7-22-17(15)24;9-4-1-12(8(14)11-7(4)10)5-3-16-6(2-13)15-5;5-3(6)1-2-4(7)8;/h3-9,11-13H,1-2H3,(H2,25,26,27,28);7-8,12-14H,6,9-11H2,1-5H3,(H2,20,21,22);1,5-6,13H,2-3H2,(H2,10,11,14);1-2H,(H,5,6)(H,7,8);1H/b4-3+;;;2-1+;/t;14-;5-,6+;;/m.10../s1. The zero-order chi connectivity index (χ0) is 64.2. The number of aryl methyl sites for hydroxylation is 2. The number of allylic oxidation sites excluding steroid dienone is 1. The highest BCUT2D eigenvalue weighted by molar-refractivity contribution is 8.00. The number of aromatic nitrogens is 8. The minimum absolute atomic E-state index is 0. The lowest BCUT2D eigenvalue weighted by Crippen LogP contribution is -2.29. The molecule has 1 saturated heterocycles. The number of nitrogen functional groups attached to an aromatic ring is 2. The number of carbonyl (C=O) groups excluding carboxylic acids is 2. The Bertz CT molecular complexity index is 3500. The molecule has 0 spiro atoms. The molecule has 1 fully saturated rings. The molecule has 5 heterocycles. The largest absolute Gasteiger partial charge is 0.510 e. The second kappa shape index (κ2) is 36.6. The first-order chi connectivity index (χ1) is 41.3. The van der Waals surface area contributed by atoms with Gasteiger partial charge < -0.3 is 70.4 Å². The molecule has 3 atom stereocenters. The van der Waals surface area contributed by atoms with Gasteiger partial charge >= 0.3 is 37.5 Å². The maximum atomic E-state index is 13.1. The van der Waals surface area contributed by atoms with E-state index >= 15 is 0 Å². The molecular weight excluding hydrogens is 1220 g/mol. The van der Waals surface area contributed by atoms with Gasteiger partial charge in [0.25, 0.3) is 0 Å². The van der Waals surface area contributed by atoms with Crippen molar-refractivity contribution in [2.45, 2.75) is 85.0 Å². The molecule has 7 rings (SSSR count). The average molecular weight is 1290 g/mol. The molecular formula is C53H63ClFN14O17PS. The number of halogens is 2. The summed E-state index contributed by atoms with van der Waals surface area (Å²) in [5, 5.41) is 48.5. The number of ether oxygens (including phenoxy) is 6. The second-order valence-corrected chi connectivity index (χ2v) is 21.3. The molecule has 0 aliphatic carbocycles. The Kier molecular flexibility index (Phi) is 30.4. The van der Waals surface area contributed by atoms with Crippen LogP contribution in [0.4, 0.5) is 48.8 Å². The summed E-state index contributed by atoms with van der Waals surface area (Å²) in [7, 11) is -4.06. The number of nitrogens with two attached hydrogens (primary N) is 2. The number of hydrogen-bond acceptors (Lipinski definition) is 28. The quantitative estimate of drug-likeness (QED) is 0.0112. The summed E-state index contributed by atoms with van der Waals surface area (Å²) in [6.45, 7) is 10.8. The lowest BCUT2D eigenvalue weighted by atomic mass is 10.0. The van der Waals surface area contributed by atoms with E-state index in [1.54, 1.807) is 69.7 Å². The molecule has 0 saturated carbocycles. The summed E-state index contributed by atoms with van der Waals surface area (Å²) in [6.07, 6.45) is 5.26. The number of carboxylic acids is 2. The summed E-state index contributed by atoms with van der Waals surface area (Å²) in [5.74, 6) is -1.89. The minimum Gasteiger partial charge on any atom is -0.478 e. The first-order valence-electron chi connectivity index (χ1n) is 25.5. The fourth-order valence-corrected chi connectivity index (χ4v) is 8.76. The molecule has 31 nitrogen and oxygen atoms in total. The molecule has 1 aliphatic rings. The van der Waals surface area contributed by atoms with Crippen molar-refractivity contribution < 1.29 is 80.9 Å². The molecule has 0 amide bonds. The number of nitrogens with one attached hydrogen (secondary N) is 2. The predicted molar refractivity (Wildman–Crippen MR) is 318 cm³/mol. The Labute approximate surface area is 512 Å². The van der Waals surface area contributed by atoms with Gasteiger partial charge in [-0.3, -0.25) is 18.2 Å². The number of thioether (sulfide) groups is 1. The fourth-order valence-electron chi connectivity index (χ4n) is 6.74. The smallest absolute Gasteiger partial charge is 0.478 e. The van der Waals surface area contributed by atoms with Gasteiger partial charge in [-0.1, -0.05) is 0 Å². The molecule has 472 valence electrons. The van der Waals surface area contributed by atoms with Gasteiger partial charge in [0, 0.05) is 41.6 Å². The van der Waals surface area contributed by atoms with Gasteiger partial charge in [0.05, 0.1) is 61.7 Å². The topological polar surface area (TPSA) is 448 Å². The van der Waals surface area contributed by atoms with Crippen molar-refractivity contribution in [3.8, 4) is 12.1 Å². The number of aliphatic hydroxyl groups excluding tert-OH is 1. The lowest BCUT2D eigenvalue weighted by Gasteiger charge is -2.21. The molecule has 1 aliphatic heterocycles. The van der Waals surface area contributed by atoms with Crippen molar-refractivity contribution in [1.82, 2.24) is 39.0 Å². The third kappa shape index (κ3) is 25.3. The van der Waals surface area contributed by atoms with Crippen LogP contribution in [0.15, 0.2) is 90.5 Å². The van der Waals surface area contributed by atoms with Crippen LogP contribution in [-0.4, -0.2) is 135 Å². The molecule has 4 aromatic heterocycles. The number of rotatable bonds is 22. The highest BCUT2D eigenvalue weighted by Gasteiger charge is 2.30. The third-order valence-electron chi connectivity index (χ3n) is 10.5. The zero-order valence-corrected chi connectivity index (χ0v) is 50.6. The molecule has 0 radical (unpaired) electrons. The number of aliphatic carboxylic acids is 2. The average Bonchev–Trinajstić information content (AvgIpc) is 3.70. The number of carboxylic acid groups (broad SMARTS) is 2. The second-order valence-electron chi connectivity index (χ2n) is 18.1. The SMILES string of the molecule is CC(C)OC(=O)OCOP(=O)(CO[C@H](C)Cn1cnc2c(N)ncnc21)OCOC(=O)OC(C)C.Cc1cc(/C=C/C#N)cc(C)c1Nc1ccnc(Nc2ccc(C#N)cc2)n1.Cl.Nc1nc(=O)n([C@@H]2CS[C@H](CO)O2)cc1F.O=C(O)/C=C/C(=O)O. The van der Waals surface area contributed by atoms with Gasteiger partial charge in [-0.2, -0.15) is 20.5 Å². The van der Waals surface area contributed by atoms with E-state index in [1.807, 2.05) is 44.2 Å². The van der Waals surface area contributed by atoms with E-state index in [9.17, 15) is 32.9 Å². The Morgan fingerprint density at radius 3 is 2.06 bits per heavy atom. The summed E-state index contributed by atoms with van der Waals surface area (Å²) in [4.78, 5) is 77.8. The van der Waals surface area contributed by atoms with E-state index in [4.69, 9.17) is 74.8 Å². The highest BCUT2D eigenvalue weighted by Crippen LogP contribution is 2.48. The van der Waals surface area contributed by atoms with Crippen molar-refractivity contribution in [3.05, 3.63) is 124 Å². The van der Waals surface area contributed by atoms with Crippen LogP contribution in [0.5, 0.6) is 0 Å². The van der Waals surface area contributed by atoms with Crippen molar-refractivity contribution in [1.29, 1.82) is 10.5 Å². The van der Waals surface area contributed by atoms with Crippen LogP contribution < -0.4 is 27.8 Å². The number of aliphatic hydroxyl groups is 1. The third-order valence-corrected chi connectivity index (χ3v) is 13.1. The van der Waals surface area contributed by atoms with Gasteiger partial charge in [-0.05, 0) is 114 Å². The van der Waals surface area contributed by atoms with Crippen molar-refractivity contribution in [2.75, 3.05) is 54.4 Å². The van der Waals surface area contributed by atoms with Crippen LogP contribution >= 0.6 is 31.8 Å². The highest BCUT2D eigenvalue weighted by atomic mass is 35.5. The lowest BCUT2D eigenvalue weighted by molar-refractivity contribution is -0.134. The van der Waals surface area contributed by atoms with Gasteiger partial charge in [0.1, 0.15) is 35.7 Å². The number of nitriles is 2. The number of fused-ring (bicyclic) bond motifs is 1. The molecule has 6 aromatic rings. The van der Waals surface area contributed by atoms with Crippen LogP contribution in [-0.2, 0) is 58.2 Å². The summed E-state index contributed by atoms with van der Waals surface area (Å²) >= 11 is 1.35. The van der Waals surface area contributed by atoms with Crippen molar-refractivity contribution in [3.63, 3.8) is 0 Å². The summed E-state index contributed by atoms with van der Waals surface area (Å²) < 4.78 is 69.1. The van der Waals surface area contributed by atoms with Crippen LogP contribution in [0.1, 0.15) is 63.1 Å². The van der Waals surface area contributed by atoms with Crippen LogP contribution in [0.3, 0.4) is 0 Å². The molecule has 2 aromatic carbocycles. The zero-order valence-electron chi connectivity index (χ0n) is 48.1. The van der Waals surface area contributed by atoms with E-state index in [2.05, 4.69) is 46.6 Å². The Balaban J connectivity index is 0.000000338. The minimum atomic E-state index is -4.06. The van der Waals surface area contributed by atoms with Gasteiger partial charge in [-0.25, -0.2) is 48.3 Å². The van der Waals surface area contributed by atoms with Crippen LogP contribution in [0, 0.1) is 42.3 Å². The van der Waals surface area contributed by atoms with Gasteiger partial charge in [0.2, 0.25) is 19.5 Å². The Morgan fingerprint density at radius 1 is 0.898 bits per heavy atom. The molecule has 0 bridgehead atoms. The van der Waals surface area contributed by atoms with E-state index in [0.29, 0.717) is 46.4 Å². The first-order valence-corrected chi connectivity index (χ1v) is 28.3. The Hall–Kier alpha value is -9.31. The van der Waals surface area contributed by atoms with E-state index in [0.717, 1.165) is 38.8 Å². The number of anilines is 6. The molecule has 0 unspecified atom stereocenters. The molecule has 9 N–H and O–H groups in total. The number of imidazole rings is 1. The molecule has 88 heavy (non-hydrogen) atoms. The summed E-state index contributed by atoms with van der Waals surface area (Å²) in [5.41, 5.74) is 16.3. The number of benzene rings is 2. The van der Waals surface area contributed by atoms with Gasteiger partial charge in [0.15, 0.2) is 23.1 Å². The van der Waals surface area contributed by atoms with Gasteiger partial charge in [-0.15, -0.1) is 24.2 Å². The molecule has 35 heteroatoms.